The molecule has 3 rings (SSSR count). The predicted molar refractivity (Wildman–Crippen MR) is 71.7 cm³/mol. The Balaban J connectivity index is 1.92. The van der Waals surface area contributed by atoms with Crippen LogP contribution in [0.4, 0.5) is 13.2 Å². The molecule has 1 N–H and O–H groups in total. The van der Waals surface area contributed by atoms with E-state index in [-0.39, 0.29) is 12.0 Å². The number of likely N-dealkylation sites (tertiary alicyclic amines) is 1. The van der Waals surface area contributed by atoms with Gasteiger partial charge in [0.25, 0.3) is 0 Å². The summed E-state index contributed by atoms with van der Waals surface area (Å²) in [5.74, 6) is 0.559. The van der Waals surface area contributed by atoms with E-state index < -0.39 is 23.9 Å². The lowest BCUT2D eigenvalue weighted by molar-refractivity contribution is -0.138. The SMILES string of the molecule is OC1CC(c2ccccc2C(F)(F)F)N(Cc2ccno2)C1. The topological polar surface area (TPSA) is 49.5 Å². The van der Waals surface area contributed by atoms with Gasteiger partial charge >= 0.3 is 6.18 Å². The number of aromatic nitrogens is 1. The number of aliphatic hydroxyl groups is 1. The van der Waals surface area contributed by atoms with E-state index in [1.807, 2.05) is 0 Å². The molecule has 2 aromatic rings. The Bertz CT molecular complexity index is 628. The Morgan fingerprint density at radius 3 is 2.73 bits per heavy atom. The normalized spacial score (nSPS) is 23.1. The minimum absolute atomic E-state index is 0.186. The molecule has 0 saturated carbocycles. The van der Waals surface area contributed by atoms with Crippen molar-refractivity contribution in [2.24, 2.45) is 0 Å². The minimum atomic E-state index is -4.41. The first-order chi connectivity index (χ1) is 10.4. The number of alkyl halides is 3. The summed E-state index contributed by atoms with van der Waals surface area (Å²) in [6.07, 6.45) is -3.32. The van der Waals surface area contributed by atoms with Crippen molar-refractivity contribution >= 4 is 0 Å². The Hall–Kier alpha value is -1.86. The summed E-state index contributed by atoms with van der Waals surface area (Å²) in [4.78, 5) is 1.79. The number of aliphatic hydroxyl groups excluding tert-OH is 1. The fourth-order valence-electron chi connectivity index (χ4n) is 2.95. The van der Waals surface area contributed by atoms with Crippen LogP contribution in [0.2, 0.25) is 0 Å². The van der Waals surface area contributed by atoms with Crippen molar-refractivity contribution in [3.63, 3.8) is 0 Å². The Morgan fingerprint density at radius 2 is 2.05 bits per heavy atom. The van der Waals surface area contributed by atoms with Crippen LogP contribution in [0.1, 0.15) is 29.3 Å². The average molecular weight is 312 g/mol. The molecule has 1 fully saturated rings. The van der Waals surface area contributed by atoms with Crippen LogP contribution in [-0.4, -0.2) is 27.8 Å². The van der Waals surface area contributed by atoms with Crippen LogP contribution < -0.4 is 0 Å². The highest BCUT2D eigenvalue weighted by atomic mass is 19.4. The van der Waals surface area contributed by atoms with Crippen LogP contribution in [0.15, 0.2) is 41.1 Å². The fourth-order valence-corrected chi connectivity index (χ4v) is 2.95. The Kier molecular flexibility index (Phi) is 3.92. The van der Waals surface area contributed by atoms with Crippen LogP contribution in [-0.2, 0) is 12.7 Å². The first kappa shape index (κ1) is 15.1. The van der Waals surface area contributed by atoms with E-state index in [0.717, 1.165) is 6.07 Å². The lowest BCUT2D eigenvalue weighted by atomic mass is 9.97. The van der Waals surface area contributed by atoms with Gasteiger partial charge in [-0.25, -0.2) is 0 Å². The summed E-state index contributed by atoms with van der Waals surface area (Å²) in [6.45, 7) is 0.617. The van der Waals surface area contributed by atoms with Gasteiger partial charge in [0.15, 0.2) is 5.76 Å². The lowest BCUT2D eigenvalue weighted by Crippen LogP contribution is -2.25. The van der Waals surface area contributed by atoms with Gasteiger partial charge in [0.05, 0.1) is 24.4 Å². The molecule has 1 aliphatic rings. The molecule has 2 heterocycles. The smallest absolute Gasteiger partial charge is 0.392 e. The van der Waals surface area contributed by atoms with Crippen LogP contribution in [0.3, 0.4) is 0 Å². The molecular formula is C15H15F3N2O2. The van der Waals surface area contributed by atoms with Crippen molar-refractivity contribution in [1.82, 2.24) is 10.1 Å². The first-order valence-electron chi connectivity index (χ1n) is 6.93. The number of nitrogens with zero attached hydrogens (tertiary/aromatic N) is 2. The number of benzene rings is 1. The standard InChI is InChI=1S/C15H15F3N2O2/c16-15(17,18)13-4-2-1-3-12(13)14-7-10(21)8-20(14)9-11-5-6-19-22-11/h1-6,10,14,21H,7-9H2. The quantitative estimate of drug-likeness (QED) is 0.946. The average Bonchev–Trinajstić information content (AvgIpc) is 3.08. The fraction of sp³-hybridized carbons (Fsp3) is 0.400. The van der Waals surface area contributed by atoms with Gasteiger partial charge < -0.3 is 9.63 Å². The number of hydrogen-bond acceptors (Lipinski definition) is 4. The van der Waals surface area contributed by atoms with Gasteiger partial charge in [-0.1, -0.05) is 23.4 Å². The van der Waals surface area contributed by atoms with Crippen molar-refractivity contribution in [2.45, 2.75) is 31.3 Å². The lowest BCUT2D eigenvalue weighted by Gasteiger charge is -2.25. The van der Waals surface area contributed by atoms with Crippen molar-refractivity contribution in [3.05, 3.63) is 53.4 Å². The van der Waals surface area contributed by atoms with Crippen molar-refractivity contribution in [3.8, 4) is 0 Å². The largest absolute Gasteiger partial charge is 0.416 e. The summed E-state index contributed by atoms with van der Waals surface area (Å²) in [6, 6.07) is 6.67. The summed E-state index contributed by atoms with van der Waals surface area (Å²) >= 11 is 0. The van der Waals surface area contributed by atoms with Crippen LogP contribution >= 0.6 is 0 Å². The van der Waals surface area contributed by atoms with E-state index >= 15 is 0 Å². The number of hydrogen-bond donors (Lipinski definition) is 1. The highest BCUT2D eigenvalue weighted by Crippen LogP contribution is 2.40. The third-order valence-corrected chi connectivity index (χ3v) is 3.86. The Labute approximate surface area is 125 Å². The molecule has 2 atom stereocenters. The molecule has 0 aliphatic carbocycles. The zero-order valence-electron chi connectivity index (χ0n) is 11.6. The minimum Gasteiger partial charge on any atom is -0.392 e. The van der Waals surface area contributed by atoms with Crippen LogP contribution in [0.25, 0.3) is 0 Å². The van der Waals surface area contributed by atoms with Crippen molar-refractivity contribution in [2.75, 3.05) is 6.54 Å². The second-order valence-electron chi connectivity index (χ2n) is 5.40. The van der Waals surface area contributed by atoms with Gasteiger partial charge in [0.2, 0.25) is 0 Å². The van der Waals surface area contributed by atoms with Gasteiger partial charge in [-0.2, -0.15) is 13.2 Å². The van der Waals surface area contributed by atoms with E-state index in [9.17, 15) is 18.3 Å². The third kappa shape index (κ3) is 3.00. The molecule has 1 aromatic carbocycles. The molecule has 0 bridgehead atoms. The maximum absolute atomic E-state index is 13.2. The molecule has 7 heteroatoms. The number of rotatable bonds is 3. The summed E-state index contributed by atoms with van der Waals surface area (Å²) in [7, 11) is 0. The molecule has 0 radical (unpaired) electrons. The second-order valence-corrected chi connectivity index (χ2v) is 5.40. The molecule has 0 amide bonds. The van der Waals surface area contributed by atoms with E-state index in [0.29, 0.717) is 18.8 Å². The van der Waals surface area contributed by atoms with Crippen molar-refractivity contribution in [1.29, 1.82) is 0 Å². The second kappa shape index (κ2) is 5.73. The van der Waals surface area contributed by atoms with E-state index in [1.165, 1.54) is 18.3 Å². The van der Waals surface area contributed by atoms with Gasteiger partial charge in [-0.3, -0.25) is 4.90 Å². The molecular weight excluding hydrogens is 297 g/mol. The van der Waals surface area contributed by atoms with Crippen LogP contribution in [0.5, 0.6) is 0 Å². The number of halogens is 3. The molecule has 1 aliphatic heterocycles. The number of β-amino-alcohol motifs (C(OH)–C–C–N with tert-alkyl or cyclic N) is 1. The summed E-state index contributed by atoms with van der Waals surface area (Å²) in [5, 5.41) is 13.5. The summed E-state index contributed by atoms with van der Waals surface area (Å²) < 4.78 is 44.6. The third-order valence-electron chi connectivity index (χ3n) is 3.86. The molecule has 1 aromatic heterocycles. The first-order valence-corrected chi connectivity index (χ1v) is 6.93. The molecule has 2 unspecified atom stereocenters. The molecule has 0 spiro atoms. The molecule has 118 valence electrons. The zero-order valence-corrected chi connectivity index (χ0v) is 11.6. The van der Waals surface area contributed by atoms with E-state index in [1.54, 1.807) is 17.0 Å². The van der Waals surface area contributed by atoms with Gasteiger partial charge in [0, 0.05) is 18.7 Å². The Morgan fingerprint density at radius 1 is 1.27 bits per heavy atom. The van der Waals surface area contributed by atoms with Gasteiger partial charge in [0.1, 0.15) is 0 Å². The molecule has 4 nitrogen and oxygen atoms in total. The van der Waals surface area contributed by atoms with Crippen molar-refractivity contribution < 1.29 is 22.8 Å². The van der Waals surface area contributed by atoms with E-state index in [4.69, 9.17) is 4.52 Å². The van der Waals surface area contributed by atoms with Gasteiger partial charge in [-0.15, -0.1) is 0 Å². The van der Waals surface area contributed by atoms with Crippen LogP contribution in [0, 0.1) is 0 Å². The summed E-state index contributed by atoms with van der Waals surface area (Å²) in [5.41, 5.74) is -0.470. The molecule has 22 heavy (non-hydrogen) atoms. The monoisotopic (exact) mass is 312 g/mol. The highest BCUT2D eigenvalue weighted by molar-refractivity contribution is 5.33. The van der Waals surface area contributed by atoms with Gasteiger partial charge in [-0.05, 0) is 18.1 Å². The maximum atomic E-state index is 13.2. The highest BCUT2D eigenvalue weighted by Gasteiger charge is 2.39. The molecule has 1 saturated heterocycles. The maximum Gasteiger partial charge on any atom is 0.416 e. The van der Waals surface area contributed by atoms with E-state index in [2.05, 4.69) is 5.16 Å². The zero-order chi connectivity index (χ0) is 15.7. The predicted octanol–water partition coefficient (Wildman–Crippen LogP) is 3.00.